The molecule has 0 aliphatic carbocycles. The van der Waals surface area contributed by atoms with Crippen LogP contribution >= 0.6 is 0 Å². The average molecular weight is 515 g/mol. The normalized spacial score (nSPS) is 14.9. The Morgan fingerprint density at radius 1 is 1.05 bits per heavy atom. The largest absolute Gasteiger partial charge is 0.369 e. The first-order valence-electron chi connectivity index (χ1n) is 12.9. The number of rotatable bonds is 5. The Balaban J connectivity index is 1.35. The third kappa shape index (κ3) is 5.60. The maximum atomic E-state index is 13.0. The summed E-state index contributed by atoms with van der Waals surface area (Å²) in [6, 6.07) is 9.35. The van der Waals surface area contributed by atoms with Gasteiger partial charge < -0.3 is 19.6 Å². The van der Waals surface area contributed by atoms with Gasteiger partial charge in [0.25, 0.3) is 5.91 Å². The number of aromatic nitrogens is 5. The molecule has 1 amide bonds. The Morgan fingerprint density at radius 2 is 1.89 bits per heavy atom. The number of likely N-dealkylation sites (N-methyl/N-ethyl adjacent to an activating group) is 1. The highest BCUT2D eigenvalue weighted by atomic mass is 16.5. The molecule has 0 atom stereocenters. The Morgan fingerprint density at radius 3 is 2.68 bits per heavy atom. The molecule has 10 nitrogen and oxygen atoms in total. The number of benzene rings is 1. The highest BCUT2D eigenvalue weighted by Crippen LogP contribution is 2.26. The quantitative estimate of drug-likeness (QED) is 0.420. The fraction of sp³-hybridized carbons (Fsp3) is 0.393. The van der Waals surface area contributed by atoms with Crippen molar-refractivity contribution in [2.75, 3.05) is 43.4 Å². The van der Waals surface area contributed by atoms with E-state index in [4.69, 9.17) is 4.52 Å². The van der Waals surface area contributed by atoms with Gasteiger partial charge in [0.15, 0.2) is 5.82 Å². The number of hydrogen-bond acceptors (Lipinski definition) is 8. The van der Waals surface area contributed by atoms with E-state index in [-0.39, 0.29) is 11.3 Å². The molecular weight excluding hydrogens is 480 g/mol. The molecule has 0 radical (unpaired) electrons. The predicted molar refractivity (Wildman–Crippen MR) is 147 cm³/mol. The van der Waals surface area contributed by atoms with Crippen LogP contribution in [0.15, 0.2) is 53.4 Å². The van der Waals surface area contributed by atoms with Gasteiger partial charge in [-0.15, -0.1) is 5.10 Å². The van der Waals surface area contributed by atoms with Crippen LogP contribution in [0.5, 0.6) is 0 Å². The van der Waals surface area contributed by atoms with E-state index >= 15 is 0 Å². The third-order valence-corrected chi connectivity index (χ3v) is 6.81. The number of nitrogens with zero attached hydrogens (tertiary/aromatic N) is 7. The highest BCUT2D eigenvalue weighted by molar-refractivity contribution is 6.04. The van der Waals surface area contributed by atoms with Crippen LogP contribution in [0.1, 0.15) is 48.9 Å². The molecule has 0 unspecified atom stereocenters. The molecular formula is C28H34N8O2. The number of pyridine rings is 1. The van der Waals surface area contributed by atoms with Crippen LogP contribution in [-0.2, 0) is 5.41 Å². The van der Waals surface area contributed by atoms with Gasteiger partial charge >= 0.3 is 0 Å². The summed E-state index contributed by atoms with van der Waals surface area (Å²) >= 11 is 0. The third-order valence-electron chi connectivity index (χ3n) is 6.81. The lowest BCUT2D eigenvalue weighted by Crippen LogP contribution is -2.28. The molecule has 1 aliphatic heterocycles. The number of carbonyl (C=O) groups is 1. The molecule has 1 aliphatic rings. The van der Waals surface area contributed by atoms with Crippen molar-refractivity contribution < 1.29 is 9.32 Å². The summed E-state index contributed by atoms with van der Waals surface area (Å²) in [7, 11) is 2.16. The van der Waals surface area contributed by atoms with Gasteiger partial charge in [-0.3, -0.25) is 9.78 Å². The van der Waals surface area contributed by atoms with Crippen molar-refractivity contribution in [3.05, 3.63) is 65.8 Å². The van der Waals surface area contributed by atoms with Gasteiger partial charge in [0.05, 0.1) is 23.8 Å². The van der Waals surface area contributed by atoms with Crippen molar-refractivity contribution in [3.63, 3.8) is 0 Å². The van der Waals surface area contributed by atoms with Crippen molar-refractivity contribution in [1.82, 2.24) is 30.0 Å². The Labute approximate surface area is 222 Å². The smallest absolute Gasteiger partial charge is 0.256 e. The summed E-state index contributed by atoms with van der Waals surface area (Å²) in [6.07, 6.45) is 6.70. The fourth-order valence-electron chi connectivity index (χ4n) is 4.43. The average Bonchev–Trinajstić information content (AvgIpc) is 3.52. The zero-order valence-electron chi connectivity index (χ0n) is 22.6. The van der Waals surface area contributed by atoms with E-state index in [0.29, 0.717) is 17.1 Å². The first-order valence-corrected chi connectivity index (χ1v) is 12.9. The number of carbonyl (C=O) groups excluding carboxylic acids is 1. The van der Waals surface area contributed by atoms with Crippen molar-refractivity contribution in [2.24, 2.45) is 0 Å². The number of anilines is 2. The molecule has 198 valence electrons. The summed E-state index contributed by atoms with van der Waals surface area (Å²) in [5.74, 6) is 0.808. The van der Waals surface area contributed by atoms with E-state index < -0.39 is 0 Å². The zero-order valence-corrected chi connectivity index (χ0v) is 22.6. The number of nitrogens with one attached hydrogen (secondary N) is 1. The predicted octanol–water partition coefficient (Wildman–Crippen LogP) is 4.32. The van der Waals surface area contributed by atoms with E-state index in [1.165, 1.54) is 0 Å². The van der Waals surface area contributed by atoms with Crippen LogP contribution in [0.25, 0.3) is 16.9 Å². The van der Waals surface area contributed by atoms with E-state index in [0.717, 1.165) is 60.8 Å². The maximum absolute atomic E-state index is 13.0. The number of aryl methyl sites for hydroxylation is 1. The fourth-order valence-corrected chi connectivity index (χ4v) is 4.43. The van der Waals surface area contributed by atoms with Crippen molar-refractivity contribution in [1.29, 1.82) is 0 Å². The number of hydrogen-bond donors (Lipinski definition) is 1. The molecule has 0 spiro atoms. The molecule has 0 bridgehead atoms. The Kier molecular flexibility index (Phi) is 6.98. The first-order chi connectivity index (χ1) is 18.2. The van der Waals surface area contributed by atoms with Crippen molar-refractivity contribution in [2.45, 2.75) is 39.5 Å². The Hall–Kier alpha value is -4.05. The van der Waals surface area contributed by atoms with Gasteiger partial charge in [-0.2, -0.15) is 0 Å². The molecule has 1 N–H and O–H groups in total. The topological polar surface area (TPSA) is 105 Å². The van der Waals surface area contributed by atoms with E-state index in [2.05, 4.69) is 48.7 Å². The standard InChI is InChI=1S/C28H34N8O2/c1-19-7-8-20(27(37)30-26-15-25(38-32-26)28(2,3)4)14-24(19)36-18-23(31-33-36)21-13-22(17-29-16-21)35-10-6-9-34(5)11-12-35/h7-8,13-18H,6,9-12H2,1-5H3,(H,30,32,37). The van der Waals surface area contributed by atoms with Gasteiger partial charge in [-0.05, 0) is 50.7 Å². The van der Waals surface area contributed by atoms with Crippen LogP contribution in [0.3, 0.4) is 0 Å². The lowest BCUT2D eigenvalue weighted by Gasteiger charge is -2.22. The lowest BCUT2D eigenvalue weighted by molar-refractivity contribution is 0.102. The summed E-state index contributed by atoms with van der Waals surface area (Å²) < 4.78 is 7.08. The summed E-state index contributed by atoms with van der Waals surface area (Å²) in [5, 5.41) is 15.6. The minimum atomic E-state index is -0.277. The minimum Gasteiger partial charge on any atom is -0.369 e. The molecule has 4 aromatic rings. The monoisotopic (exact) mass is 514 g/mol. The van der Waals surface area contributed by atoms with Gasteiger partial charge in [-0.25, -0.2) is 4.68 Å². The molecule has 4 heterocycles. The molecule has 0 saturated carbocycles. The molecule has 1 saturated heterocycles. The second kappa shape index (κ2) is 10.4. The molecule has 1 fully saturated rings. The van der Waals surface area contributed by atoms with Gasteiger partial charge in [0.1, 0.15) is 11.5 Å². The van der Waals surface area contributed by atoms with Gasteiger partial charge in [-0.1, -0.05) is 37.2 Å². The van der Waals surface area contributed by atoms with Crippen molar-refractivity contribution in [3.8, 4) is 16.9 Å². The van der Waals surface area contributed by atoms with Gasteiger partial charge in [0.2, 0.25) is 0 Å². The van der Waals surface area contributed by atoms with Crippen molar-refractivity contribution >= 4 is 17.4 Å². The minimum absolute atomic E-state index is 0.198. The van der Waals surface area contributed by atoms with Crippen LogP contribution in [-0.4, -0.2) is 69.2 Å². The molecule has 10 heteroatoms. The molecule has 5 rings (SSSR count). The summed E-state index contributed by atoms with van der Waals surface area (Å²) in [4.78, 5) is 22.2. The first kappa shape index (κ1) is 25.6. The van der Waals surface area contributed by atoms with Crippen LogP contribution in [0, 0.1) is 6.92 Å². The highest BCUT2D eigenvalue weighted by Gasteiger charge is 2.21. The molecule has 3 aromatic heterocycles. The summed E-state index contributed by atoms with van der Waals surface area (Å²) in [6.45, 7) is 12.1. The SMILES string of the molecule is Cc1ccc(C(=O)Nc2cc(C(C)(C)C)on2)cc1-n1cc(-c2cncc(N3CCCN(C)CC3)c2)nn1. The Bertz CT molecular complexity index is 1430. The van der Waals surface area contributed by atoms with Crippen LogP contribution in [0.4, 0.5) is 11.5 Å². The number of amides is 1. The second-order valence-electron chi connectivity index (χ2n) is 10.9. The molecule has 1 aromatic carbocycles. The van der Waals surface area contributed by atoms with E-state index in [9.17, 15) is 4.79 Å². The zero-order chi connectivity index (χ0) is 26.9. The van der Waals surface area contributed by atoms with E-state index in [1.807, 2.05) is 52.4 Å². The molecule has 38 heavy (non-hydrogen) atoms. The lowest BCUT2D eigenvalue weighted by atomic mass is 9.93. The van der Waals surface area contributed by atoms with Crippen LogP contribution < -0.4 is 10.2 Å². The van der Waals surface area contributed by atoms with E-state index in [1.54, 1.807) is 22.9 Å². The maximum Gasteiger partial charge on any atom is 0.256 e. The van der Waals surface area contributed by atoms with Gasteiger partial charge in [0, 0.05) is 48.4 Å². The second-order valence-corrected chi connectivity index (χ2v) is 10.9. The summed E-state index contributed by atoms with van der Waals surface area (Å²) in [5.41, 5.74) is 4.73. The van der Waals surface area contributed by atoms with Crippen LogP contribution in [0.2, 0.25) is 0 Å².